The van der Waals surface area contributed by atoms with Crippen molar-refractivity contribution in [3.05, 3.63) is 18.0 Å². The number of hydrogen-bond donors (Lipinski definition) is 0. The molecule has 0 N–H and O–H groups in total. The molecule has 0 radical (unpaired) electrons. The topological polar surface area (TPSA) is 57.9 Å². The molecular formula is C14H20BN3O3. The van der Waals surface area contributed by atoms with Crippen LogP contribution in [0.4, 0.5) is 0 Å². The second-order valence-electron chi connectivity index (χ2n) is 6.33. The quantitative estimate of drug-likeness (QED) is 0.781. The average Bonchev–Trinajstić information content (AvgIpc) is 2.88. The number of fused-ring (bicyclic) bond motifs is 1. The van der Waals surface area contributed by atoms with E-state index in [1.54, 1.807) is 7.11 Å². The maximum absolute atomic E-state index is 6.10. The Morgan fingerprint density at radius 3 is 2.29 bits per heavy atom. The van der Waals surface area contributed by atoms with Gasteiger partial charge in [0.2, 0.25) is 0 Å². The van der Waals surface area contributed by atoms with Gasteiger partial charge in [0.05, 0.1) is 18.3 Å². The standard InChI is InChI=1S/C14H20BN3O3/c1-9-16-17-12-10(7-8-11(19-6)18(9)12)15-20-13(2,3)14(4,5)21-15/h7-8H,1-6H3. The van der Waals surface area contributed by atoms with Gasteiger partial charge in [-0.25, -0.2) is 4.40 Å². The molecule has 3 heterocycles. The smallest absolute Gasteiger partial charge is 0.482 e. The fourth-order valence-electron chi connectivity index (χ4n) is 2.44. The van der Waals surface area contributed by atoms with Crippen molar-refractivity contribution in [3.8, 4) is 5.88 Å². The second-order valence-corrected chi connectivity index (χ2v) is 6.33. The van der Waals surface area contributed by atoms with E-state index in [1.165, 1.54) is 0 Å². The van der Waals surface area contributed by atoms with Gasteiger partial charge in [0.1, 0.15) is 5.82 Å². The Balaban J connectivity index is 2.11. The number of hydrogen-bond acceptors (Lipinski definition) is 5. The van der Waals surface area contributed by atoms with E-state index >= 15 is 0 Å². The van der Waals surface area contributed by atoms with E-state index < -0.39 is 7.12 Å². The highest BCUT2D eigenvalue weighted by molar-refractivity contribution is 6.64. The first-order valence-corrected chi connectivity index (χ1v) is 7.01. The van der Waals surface area contributed by atoms with Gasteiger partial charge in [-0.2, -0.15) is 0 Å². The monoisotopic (exact) mass is 289 g/mol. The summed E-state index contributed by atoms with van der Waals surface area (Å²) >= 11 is 0. The zero-order chi connectivity index (χ0) is 15.4. The largest absolute Gasteiger partial charge is 0.498 e. The van der Waals surface area contributed by atoms with E-state index in [-0.39, 0.29) is 11.2 Å². The van der Waals surface area contributed by atoms with Gasteiger partial charge in [0.25, 0.3) is 0 Å². The number of nitrogens with zero attached hydrogens (tertiary/aromatic N) is 3. The molecule has 1 aliphatic rings. The molecule has 2 aromatic rings. The SMILES string of the molecule is COc1ccc(B2OC(C)(C)C(C)(C)O2)c2nnc(C)n12. The second kappa shape index (κ2) is 4.45. The molecule has 0 atom stereocenters. The molecule has 7 heteroatoms. The van der Waals surface area contributed by atoms with Crippen LogP contribution in [0.25, 0.3) is 5.65 Å². The summed E-state index contributed by atoms with van der Waals surface area (Å²) in [6.45, 7) is 10.0. The number of aromatic nitrogens is 3. The fraction of sp³-hybridized carbons (Fsp3) is 0.571. The van der Waals surface area contributed by atoms with Crippen molar-refractivity contribution >= 4 is 18.2 Å². The fourth-order valence-corrected chi connectivity index (χ4v) is 2.44. The van der Waals surface area contributed by atoms with Crippen molar-refractivity contribution in [2.45, 2.75) is 45.8 Å². The normalized spacial score (nSPS) is 20.2. The molecule has 0 unspecified atom stereocenters. The van der Waals surface area contributed by atoms with Gasteiger partial charge in [-0.15, -0.1) is 10.2 Å². The molecule has 2 aromatic heterocycles. The van der Waals surface area contributed by atoms with Crippen LogP contribution in [0.15, 0.2) is 12.1 Å². The molecule has 1 aliphatic heterocycles. The Labute approximate surface area is 124 Å². The number of rotatable bonds is 2. The lowest BCUT2D eigenvalue weighted by Gasteiger charge is -2.32. The first kappa shape index (κ1) is 14.3. The first-order valence-electron chi connectivity index (χ1n) is 7.01. The molecule has 6 nitrogen and oxygen atoms in total. The maximum atomic E-state index is 6.10. The summed E-state index contributed by atoms with van der Waals surface area (Å²) < 4.78 is 19.4. The third-order valence-electron chi connectivity index (χ3n) is 4.43. The summed E-state index contributed by atoms with van der Waals surface area (Å²) in [5, 5.41) is 8.37. The molecule has 0 bridgehead atoms. The Morgan fingerprint density at radius 1 is 1.10 bits per heavy atom. The predicted octanol–water partition coefficient (Wildman–Crippen LogP) is 1.35. The average molecular weight is 289 g/mol. The minimum absolute atomic E-state index is 0.385. The van der Waals surface area contributed by atoms with Crippen LogP contribution in [-0.2, 0) is 9.31 Å². The number of aryl methyl sites for hydroxylation is 1. The highest BCUT2D eigenvalue weighted by Crippen LogP contribution is 2.36. The van der Waals surface area contributed by atoms with Crippen molar-refractivity contribution in [2.24, 2.45) is 0 Å². The van der Waals surface area contributed by atoms with E-state index in [0.717, 1.165) is 11.3 Å². The Morgan fingerprint density at radius 2 is 1.71 bits per heavy atom. The molecule has 0 aromatic carbocycles. The summed E-state index contributed by atoms with van der Waals surface area (Å²) in [5.41, 5.74) is 0.785. The molecule has 21 heavy (non-hydrogen) atoms. The predicted molar refractivity (Wildman–Crippen MR) is 80.0 cm³/mol. The summed E-state index contributed by atoms with van der Waals surface area (Å²) in [7, 11) is 1.16. The lowest BCUT2D eigenvalue weighted by Crippen LogP contribution is -2.41. The third-order valence-corrected chi connectivity index (χ3v) is 4.43. The van der Waals surface area contributed by atoms with Crippen LogP contribution in [0.2, 0.25) is 0 Å². The summed E-state index contributed by atoms with van der Waals surface area (Å²) in [5.74, 6) is 1.45. The van der Waals surface area contributed by atoms with Crippen LogP contribution < -0.4 is 10.2 Å². The van der Waals surface area contributed by atoms with Crippen LogP contribution in [0.5, 0.6) is 5.88 Å². The zero-order valence-corrected chi connectivity index (χ0v) is 13.3. The van der Waals surface area contributed by atoms with Crippen LogP contribution in [0.3, 0.4) is 0 Å². The summed E-state index contributed by atoms with van der Waals surface area (Å²) in [6.07, 6.45) is 0. The highest BCUT2D eigenvalue weighted by Gasteiger charge is 2.52. The minimum Gasteiger partial charge on any atom is -0.482 e. The first-order chi connectivity index (χ1) is 9.77. The molecule has 0 aliphatic carbocycles. The molecule has 1 fully saturated rings. The molecular weight excluding hydrogens is 269 g/mol. The molecule has 0 saturated carbocycles. The van der Waals surface area contributed by atoms with Crippen LogP contribution in [0, 0.1) is 6.92 Å². The van der Waals surface area contributed by atoms with E-state index in [1.807, 2.05) is 51.2 Å². The van der Waals surface area contributed by atoms with E-state index in [0.29, 0.717) is 11.5 Å². The van der Waals surface area contributed by atoms with Crippen molar-refractivity contribution in [3.63, 3.8) is 0 Å². The summed E-state index contributed by atoms with van der Waals surface area (Å²) in [4.78, 5) is 0. The van der Waals surface area contributed by atoms with Crippen molar-refractivity contribution in [2.75, 3.05) is 7.11 Å². The lowest BCUT2D eigenvalue weighted by atomic mass is 9.79. The van der Waals surface area contributed by atoms with Crippen LogP contribution in [0.1, 0.15) is 33.5 Å². The molecule has 0 spiro atoms. The van der Waals surface area contributed by atoms with Crippen molar-refractivity contribution < 1.29 is 14.0 Å². The molecule has 0 amide bonds. The summed E-state index contributed by atoms with van der Waals surface area (Å²) in [6, 6.07) is 3.80. The van der Waals surface area contributed by atoms with Gasteiger partial charge in [0.15, 0.2) is 11.5 Å². The minimum atomic E-state index is -0.466. The van der Waals surface area contributed by atoms with Gasteiger partial charge < -0.3 is 14.0 Å². The number of methoxy groups -OCH3 is 1. The number of pyridine rings is 1. The molecule has 112 valence electrons. The zero-order valence-electron chi connectivity index (χ0n) is 13.3. The van der Waals surface area contributed by atoms with E-state index in [9.17, 15) is 0 Å². The Bertz CT molecular complexity index is 680. The molecule has 1 saturated heterocycles. The number of ether oxygens (including phenoxy) is 1. The van der Waals surface area contributed by atoms with Crippen LogP contribution >= 0.6 is 0 Å². The third kappa shape index (κ3) is 2.03. The van der Waals surface area contributed by atoms with E-state index in [4.69, 9.17) is 14.0 Å². The van der Waals surface area contributed by atoms with Gasteiger partial charge in [0, 0.05) is 5.46 Å². The highest BCUT2D eigenvalue weighted by atomic mass is 16.7. The Kier molecular flexibility index (Phi) is 3.04. The van der Waals surface area contributed by atoms with Gasteiger partial charge in [-0.1, -0.05) is 6.07 Å². The molecule has 3 rings (SSSR count). The van der Waals surface area contributed by atoms with Gasteiger partial charge in [-0.05, 0) is 40.7 Å². The van der Waals surface area contributed by atoms with Crippen molar-refractivity contribution in [1.82, 2.24) is 14.6 Å². The van der Waals surface area contributed by atoms with Crippen LogP contribution in [-0.4, -0.2) is 40.0 Å². The maximum Gasteiger partial charge on any atom is 0.498 e. The van der Waals surface area contributed by atoms with Crippen molar-refractivity contribution in [1.29, 1.82) is 0 Å². The van der Waals surface area contributed by atoms with Gasteiger partial charge >= 0.3 is 7.12 Å². The van der Waals surface area contributed by atoms with E-state index in [2.05, 4.69) is 10.2 Å². The Hall–Kier alpha value is -1.60. The van der Waals surface area contributed by atoms with Gasteiger partial charge in [-0.3, -0.25) is 0 Å². The lowest BCUT2D eigenvalue weighted by molar-refractivity contribution is 0.00578.